The number of carbonyl (C=O) groups excluding carboxylic acids is 1. The number of hydrogen-bond donors (Lipinski definition) is 0. The number of ether oxygens (including phenoxy) is 1. The largest absolute Gasteiger partial charge is 0.489 e. The zero-order valence-electron chi connectivity index (χ0n) is 11.7. The predicted molar refractivity (Wildman–Crippen MR) is 82.6 cm³/mol. The number of hydrogen-bond acceptors (Lipinski definition) is 4. The van der Waals surface area contributed by atoms with Gasteiger partial charge in [-0.05, 0) is 36.8 Å². The molecule has 2 rings (SSSR count). The lowest BCUT2D eigenvalue weighted by molar-refractivity contribution is -0.116. The number of ketones is 1. The minimum Gasteiger partial charge on any atom is -0.489 e. The predicted octanol–water partition coefficient (Wildman–Crippen LogP) is 3.45. The van der Waals surface area contributed by atoms with Crippen molar-refractivity contribution in [3.05, 3.63) is 59.7 Å². The SMILES string of the molecule is CC(=O)Cc1ccc(O[PH2]=O)c(COc2ccccc2)c1. The highest BCUT2D eigenvalue weighted by Gasteiger charge is 2.07. The maximum Gasteiger partial charge on any atom is 0.225 e. The first kappa shape index (κ1) is 15.3. The molecule has 0 N–H and O–H groups in total. The monoisotopic (exact) mass is 304 g/mol. The van der Waals surface area contributed by atoms with E-state index in [1.54, 1.807) is 19.1 Å². The maximum absolute atomic E-state index is 11.2. The molecule has 2 aromatic carbocycles. The Hall–Kier alpha value is -2.06. The molecule has 0 aliphatic rings. The molecule has 5 heteroatoms. The topological polar surface area (TPSA) is 52.6 Å². The van der Waals surface area contributed by atoms with Crippen molar-refractivity contribution >= 4 is 14.5 Å². The van der Waals surface area contributed by atoms with Crippen LogP contribution in [0.25, 0.3) is 0 Å². The van der Waals surface area contributed by atoms with Gasteiger partial charge in [0.05, 0.1) is 0 Å². The molecule has 0 saturated carbocycles. The van der Waals surface area contributed by atoms with Gasteiger partial charge < -0.3 is 9.26 Å². The van der Waals surface area contributed by atoms with Crippen molar-refractivity contribution in [3.8, 4) is 11.5 Å². The molecule has 0 radical (unpaired) electrons. The Morgan fingerprint density at radius 3 is 2.57 bits per heavy atom. The standard InChI is InChI=1S/C16H17O4P/c1-12(17)9-13-7-8-16(20-21-18)14(10-13)11-19-15-5-3-2-4-6-15/h2-8,10H,9,11,21H2,1H3. The zero-order valence-corrected chi connectivity index (χ0v) is 12.9. The summed E-state index contributed by atoms with van der Waals surface area (Å²) in [7, 11) is -1.33. The Labute approximate surface area is 125 Å². The Kier molecular flexibility index (Phi) is 5.59. The van der Waals surface area contributed by atoms with E-state index in [0.717, 1.165) is 16.9 Å². The third kappa shape index (κ3) is 4.76. The van der Waals surface area contributed by atoms with E-state index in [1.165, 1.54) is 0 Å². The summed E-state index contributed by atoms with van der Waals surface area (Å²) in [5.41, 5.74) is 1.67. The fourth-order valence-electron chi connectivity index (χ4n) is 1.99. The Morgan fingerprint density at radius 2 is 1.90 bits per heavy atom. The van der Waals surface area contributed by atoms with Gasteiger partial charge in [-0.15, -0.1) is 0 Å². The van der Waals surface area contributed by atoms with Crippen molar-refractivity contribution in [2.45, 2.75) is 20.0 Å². The van der Waals surface area contributed by atoms with Crippen molar-refractivity contribution in [1.29, 1.82) is 0 Å². The van der Waals surface area contributed by atoms with E-state index in [9.17, 15) is 9.36 Å². The number of benzene rings is 2. The number of Topliss-reactive ketones (excluding diaryl/α,β-unsaturated/α-hetero) is 1. The zero-order chi connectivity index (χ0) is 15.1. The highest BCUT2D eigenvalue weighted by Crippen LogP contribution is 2.25. The Balaban J connectivity index is 2.17. The molecule has 21 heavy (non-hydrogen) atoms. The van der Waals surface area contributed by atoms with Gasteiger partial charge in [0, 0.05) is 12.0 Å². The molecule has 0 amide bonds. The highest BCUT2D eigenvalue weighted by atomic mass is 31.1. The average molecular weight is 304 g/mol. The van der Waals surface area contributed by atoms with Crippen LogP contribution in [0.1, 0.15) is 18.1 Å². The summed E-state index contributed by atoms with van der Waals surface area (Å²) in [4.78, 5) is 11.2. The number of rotatable bonds is 7. The Bertz CT molecular complexity index is 625. The molecule has 0 heterocycles. The van der Waals surface area contributed by atoms with Crippen LogP contribution in [0.2, 0.25) is 0 Å². The fourth-order valence-corrected chi connectivity index (χ4v) is 2.32. The van der Waals surface area contributed by atoms with Crippen LogP contribution >= 0.6 is 8.69 Å². The molecule has 2 aromatic rings. The van der Waals surface area contributed by atoms with Crippen LogP contribution in [0.15, 0.2) is 48.5 Å². The second-order valence-corrected chi connectivity index (χ2v) is 5.06. The van der Waals surface area contributed by atoms with Crippen LogP contribution in [-0.2, 0) is 22.4 Å². The number of carbonyl (C=O) groups is 1. The van der Waals surface area contributed by atoms with Crippen molar-refractivity contribution in [2.75, 3.05) is 0 Å². The molecule has 4 nitrogen and oxygen atoms in total. The first-order valence-electron chi connectivity index (χ1n) is 6.58. The molecule has 0 bridgehead atoms. The van der Waals surface area contributed by atoms with Gasteiger partial charge in [-0.25, -0.2) is 0 Å². The summed E-state index contributed by atoms with van der Waals surface area (Å²) in [5.74, 6) is 1.37. The summed E-state index contributed by atoms with van der Waals surface area (Å²) in [6.45, 7) is 1.84. The van der Waals surface area contributed by atoms with Crippen LogP contribution in [0.3, 0.4) is 0 Å². The second kappa shape index (κ2) is 7.65. The number of para-hydroxylation sites is 1. The summed E-state index contributed by atoms with van der Waals surface area (Å²) >= 11 is 0. The van der Waals surface area contributed by atoms with Crippen molar-refractivity contribution in [3.63, 3.8) is 0 Å². The minimum absolute atomic E-state index is 0.0908. The van der Waals surface area contributed by atoms with Gasteiger partial charge in [0.2, 0.25) is 8.69 Å². The maximum atomic E-state index is 11.2. The molecular formula is C16H17O4P. The molecule has 0 aliphatic heterocycles. The van der Waals surface area contributed by atoms with E-state index >= 15 is 0 Å². The van der Waals surface area contributed by atoms with E-state index in [-0.39, 0.29) is 5.78 Å². The van der Waals surface area contributed by atoms with Crippen LogP contribution in [0, 0.1) is 0 Å². The second-order valence-electron chi connectivity index (χ2n) is 4.64. The van der Waals surface area contributed by atoms with Crippen molar-refractivity contribution < 1.29 is 18.6 Å². The summed E-state index contributed by atoms with van der Waals surface area (Å²) in [6, 6.07) is 14.8. The third-order valence-corrected chi connectivity index (χ3v) is 3.24. The van der Waals surface area contributed by atoms with Crippen molar-refractivity contribution in [2.24, 2.45) is 0 Å². The molecule has 0 saturated heterocycles. The summed E-state index contributed by atoms with van der Waals surface area (Å²) in [5, 5.41) is 0. The first-order chi connectivity index (χ1) is 10.2. The summed E-state index contributed by atoms with van der Waals surface area (Å²) in [6.07, 6.45) is 0.364. The van der Waals surface area contributed by atoms with Gasteiger partial charge in [0.15, 0.2) is 0 Å². The fraction of sp³-hybridized carbons (Fsp3) is 0.188. The molecule has 1 unspecified atom stereocenters. The van der Waals surface area contributed by atoms with Gasteiger partial charge in [0.1, 0.15) is 23.9 Å². The first-order valence-corrected chi connectivity index (χ1v) is 7.52. The van der Waals surface area contributed by atoms with Gasteiger partial charge in [-0.3, -0.25) is 9.36 Å². The quantitative estimate of drug-likeness (QED) is 0.735. The molecule has 0 spiro atoms. The van der Waals surface area contributed by atoms with Crippen LogP contribution in [0.4, 0.5) is 0 Å². The van der Waals surface area contributed by atoms with Gasteiger partial charge in [-0.1, -0.05) is 24.3 Å². The van der Waals surface area contributed by atoms with Crippen LogP contribution in [-0.4, -0.2) is 5.78 Å². The smallest absolute Gasteiger partial charge is 0.225 e. The summed E-state index contributed by atoms with van der Waals surface area (Å²) < 4.78 is 21.6. The lowest BCUT2D eigenvalue weighted by atomic mass is 10.1. The lowest BCUT2D eigenvalue weighted by Crippen LogP contribution is -2.01. The molecule has 0 aliphatic carbocycles. The normalized spacial score (nSPS) is 10.7. The highest BCUT2D eigenvalue weighted by molar-refractivity contribution is 7.17. The average Bonchev–Trinajstić information content (AvgIpc) is 2.48. The van der Waals surface area contributed by atoms with E-state index < -0.39 is 8.69 Å². The molecule has 110 valence electrons. The molecule has 1 atom stereocenters. The van der Waals surface area contributed by atoms with E-state index in [0.29, 0.717) is 18.8 Å². The Morgan fingerprint density at radius 1 is 1.14 bits per heavy atom. The van der Waals surface area contributed by atoms with Crippen LogP contribution in [0.5, 0.6) is 11.5 Å². The van der Waals surface area contributed by atoms with Gasteiger partial charge in [-0.2, -0.15) is 0 Å². The van der Waals surface area contributed by atoms with Gasteiger partial charge in [0.25, 0.3) is 0 Å². The van der Waals surface area contributed by atoms with E-state index in [4.69, 9.17) is 9.26 Å². The van der Waals surface area contributed by atoms with Crippen LogP contribution < -0.4 is 9.26 Å². The van der Waals surface area contributed by atoms with Gasteiger partial charge >= 0.3 is 0 Å². The molecule has 0 aromatic heterocycles. The lowest BCUT2D eigenvalue weighted by Gasteiger charge is -2.11. The minimum atomic E-state index is -1.33. The molecule has 0 fully saturated rings. The van der Waals surface area contributed by atoms with E-state index in [1.807, 2.05) is 36.4 Å². The van der Waals surface area contributed by atoms with E-state index in [2.05, 4.69) is 0 Å². The third-order valence-electron chi connectivity index (χ3n) is 2.89. The molecular weight excluding hydrogens is 287 g/mol. The van der Waals surface area contributed by atoms with Crippen molar-refractivity contribution in [1.82, 2.24) is 0 Å².